The lowest BCUT2D eigenvalue weighted by atomic mass is 9.97. The summed E-state index contributed by atoms with van der Waals surface area (Å²) >= 11 is 0. The summed E-state index contributed by atoms with van der Waals surface area (Å²) in [5.74, 6) is -0.0400. The van der Waals surface area contributed by atoms with E-state index >= 15 is 0 Å². The van der Waals surface area contributed by atoms with E-state index in [0.717, 1.165) is 6.54 Å². The molecule has 0 amide bonds. The molecule has 0 spiro atoms. The fourth-order valence-corrected chi connectivity index (χ4v) is 3.02. The number of methoxy groups -OCH3 is 1. The van der Waals surface area contributed by atoms with Crippen LogP contribution in [-0.2, 0) is 16.1 Å². The molecule has 0 fully saturated rings. The molecule has 1 heterocycles. The smallest absolute Gasteiger partial charge is 0.306 e. The molecule has 118 valence electrons. The van der Waals surface area contributed by atoms with Gasteiger partial charge in [0.1, 0.15) is 0 Å². The number of hydrogen-bond donors (Lipinski definition) is 0. The molecule has 0 aliphatic heterocycles. The maximum Gasteiger partial charge on any atom is 0.306 e. The van der Waals surface area contributed by atoms with E-state index in [-0.39, 0.29) is 11.9 Å². The number of fused-ring (bicyclic) bond motifs is 1. The molecule has 0 aliphatic rings. The summed E-state index contributed by atoms with van der Waals surface area (Å²) in [4.78, 5) is 11.6. The Kier molecular flexibility index (Phi) is 4.47. The van der Waals surface area contributed by atoms with Crippen molar-refractivity contribution in [1.29, 1.82) is 0 Å². The van der Waals surface area contributed by atoms with E-state index in [1.54, 1.807) is 0 Å². The molecule has 2 aromatic carbocycles. The van der Waals surface area contributed by atoms with Gasteiger partial charge >= 0.3 is 5.97 Å². The molecule has 0 saturated heterocycles. The van der Waals surface area contributed by atoms with Crippen LogP contribution in [-0.4, -0.2) is 17.6 Å². The quantitative estimate of drug-likeness (QED) is 0.656. The second-order valence-corrected chi connectivity index (χ2v) is 5.90. The van der Waals surface area contributed by atoms with E-state index in [0.29, 0.717) is 6.42 Å². The molecule has 0 bridgehead atoms. The summed E-state index contributed by atoms with van der Waals surface area (Å²) in [6, 6.07) is 18.8. The molecular weight excluding hydrogens is 286 g/mol. The van der Waals surface area contributed by atoms with Crippen LogP contribution in [0, 0.1) is 0 Å². The van der Waals surface area contributed by atoms with Crippen LogP contribution in [0.3, 0.4) is 0 Å². The average Bonchev–Trinajstić information content (AvgIpc) is 2.94. The largest absolute Gasteiger partial charge is 0.469 e. The number of hydrogen-bond acceptors (Lipinski definition) is 2. The van der Waals surface area contributed by atoms with Gasteiger partial charge in [-0.1, -0.05) is 55.5 Å². The van der Waals surface area contributed by atoms with E-state index in [1.807, 2.05) is 12.1 Å². The Balaban J connectivity index is 1.98. The van der Waals surface area contributed by atoms with Crippen molar-refractivity contribution in [2.75, 3.05) is 7.11 Å². The van der Waals surface area contributed by atoms with Crippen LogP contribution in [0.15, 0.2) is 60.8 Å². The molecule has 0 aliphatic carbocycles. The Bertz CT molecular complexity index is 805. The summed E-state index contributed by atoms with van der Waals surface area (Å²) in [6.45, 7) is 2.90. The van der Waals surface area contributed by atoms with Gasteiger partial charge in [0.05, 0.1) is 13.5 Å². The maximum atomic E-state index is 11.6. The molecule has 3 aromatic rings. The van der Waals surface area contributed by atoms with Crippen LogP contribution in [0.25, 0.3) is 10.9 Å². The third kappa shape index (κ3) is 3.29. The minimum atomic E-state index is -0.169. The molecule has 1 aromatic heterocycles. The number of ether oxygens (including phenoxy) is 1. The van der Waals surface area contributed by atoms with Crippen LogP contribution in [0.1, 0.15) is 30.4 Å². The summed E-state index contributed by atoms with van der Waals surface area (Å²) < 4.78 is 7.07. The van der Waals surface area contributed by atoms with Gasteiger partial charge in [0, 0.05) is 23.6 Å². The van der Waals surface area contributed by atoms with Crippen LogP contribution < -0.4 is 0 Å². The fraction of sp³-hybridized carbons (Fsp3) is 0.250. The molecule has 0 N–H and O–H groups in total. The van der Waals surface area contributed by atoms with Crippen LogP contribution in [0.2, 0.25) is 0 Å². The molecule has 1 atom stereocenters. The molecule has 23 heavy (non-hydrogen) atoms. The highest BCUT2D eigenvalue weighted by Gasteiger charge is 2.17. The van der Waals surface area contributed by atoms with Gasteiger partial charge in [0.2, 0.25) is 0 Å². The van der Waals surface area contributed by atoms with E-state index in [4.69, 9.17) is 4.74 Å². The first-order valence-corrected chi connectivity index (χ1v) is 7.87. The van der Waals surface area contributed by atoms with Gasteiger partial charge in [0.15, 0.2) is 0 Å². The first kappa shape index (κ1) is 15.3. The fourth-order valence-electron chi connectivity index (χ4n) is 3.02. The Morgan fingerprint density at radius 3 is 2.52 bits per heavy atom. The summed E-state index contributed by atoms with van der Waals surface area (Å²) in [5.41, 5.74) is 3.66. The first-order chi connectivity index (χ1) is 11.2. The zero-order valence-corrected chi connectivity index (χ0v) is 13.5. The van der Waals surface area contributed by atoms with Gasteiger partial charge in [-0.25, -0.2) is 0 Å². The van der Waals surface area contributed by atoms with Crippen molar-refractivity contribution in [2.45, 2.75) is 25.8 Å². The van der Waals surface area contributed by atoms with Crippen LogP contribution in [0.4, 0.5) is 0 Å². The van der Waals surface area contributed by atoms with Crippen molar-refractivity contribution in [3.8, 4) is 0 Å². The number of nitrogens with zero attached hydrogens (tertiary/aromatic N) is 1. The van der Waals surface area contributed by atoms with Crippen molar-refractivity contribution in [3.63, 3.8) is 0 Å². The number of aromatic nitrogens is 1. The van der Waals surface area contributed by atoms with E-state index in [1.165, 1.54) is 29.1 Å². The lowest BCUT2D eigenvalue weighted by Crippen LogP contribution is -2.05. The van der Waals surface area contributed by atoms with Crippen molar-refractivity contribution >= 4 is 16.9 Å². The van der Waals surface area contributed by atoms with Gasteiger partial charge in [-0.05, 0) is 23.1 Å². The molecule has 0 radical (unpaired) electrons. The Labute approximate surface area is 136 Å². The molecule has 0 unspecified atom stereocenters. The second kappa shape index (κ2) is 6.69. The number of para-hydroxylation sites is 1. The topological polar surface area (TPSA) is 31.2 Å². The number of carbonyl (C=O) groups excluding carboxylic acids is 1. The lowest BCUT2D eigenvalue weighted by Gasteiger charge is -2.08. The van der Waals surface area contributed by atoms with Gasteiger partial charge in [0.25, 0.3) is 0 Å². The third-order valence-corrected chi connectivity index (χ3v) is 4.25. The predicted octanol–water partition coefficient (Wildman–Crippen LogP) is 4.36. The zero-order valence-electron chi connectivity index (χ0n) is 13.5. The molecule has 3 rings (SSSR count). The Morgan fingerprint density at radius 2 is 1.78 bits per heavy atom. The van der Waals surface area contributed by atoms with Gasteiger partial charge < -0.3 is 9.30 Å². The summed E-state index contributed by atoms with van der Waals surface area (Å²) in [6.07, 6.45) is 2.57. The highest BCUT2D eigenvalue weighted by molar-refractivity contribution is 5.85. The lowest BCUT2D eigenvalue weighted by molar-refractivity contribution is -0.140. The minimum Gasteiger partial charge on any atom is -0.469 e. The van der Waals surface area contributed by atoms with E-state index in [2.05, 4.69) is 60.2 Å². The van der Waals surface area contributed by atoms with Gasteiger partial charge in [-0.2, -0.15) is 0 Å². The molecular formula is C20H21NO2. The van der Waals surface area contributed by atoms with Crippen molar-refractivity contribution in [2.24, 2.45) is 0 Å². The van der Waals surface area contributed by atoms with E-state index < -0.39 is 0 Å². The summed E-state index contributed by atoms with van der Waals surface area (Å²) in [7, 11) is 1.44. The normalized spacial score (nSPS) is 12.3. The molecule has 0 saturated carbocycles. The number of benzene rings is 2. The number of rotatable bonds is 5. The molecule has 3 heteroatoms. The third-order valence-electron chi connectivity index (χ3n) is 4.25. The van der Waals surface area contributed by atoms with Crippen molar-refractivity contribution in [1.82, 2.24) is 4.57 Å². The average molecular weight is 307 g/mol. The second-order valence-electron chi connectivity index (χ2n) is 5.90. The minimum absolute atomic E-state index is 0.129. The first-order valence-electron chi connectivity index (χ1n) is 7.87. The monoisotopic (exact) mass is 307 g/mol. The van der Waals surface area contributed by atoms with Crippen molar-refractivity contribution in [3.05, 3.63) is 71.9 Å². The van der Waals surface area contributed by atoms with Crippen molar-refractivity contribution < 1.29 is 9.53 Å². The SMILES string of the molecule is COC(=O)C[C@H](C)c1cn(Cc2ccccc2)c2ccccc12. The van der Waals surface area contributed by atoms with Crippen LogP contribution in [0.5, 0.6) is 0 Å². The van der Waals surface area contributed by atoms with Crippen LogP contribution >= 0.6 is 0 Å². The molecule has 3 nitrogen and oxygen atoms in total. The summed E-state index contributed by atoms with van der Waals surface area (Å²) in [5, 5.41) is 1.21. The maximum absolute atomic E-state index is 11.6. The van der Waals surface area contributed by atoms with Gasteiger partial charge in [-0.3, -0.25) is 4.79 Å². The Morgan fingerprint density at radius 1 is 1.09 bits per heavy atom. The van der Waals surface area contributed by atoms with Gasteiger partial charge in [-0.15, -0.1) is 0 Å². The standard InChI is InChI=1S/C20H21NO2/c1-15(12-20(22)23-2)18-14-21(13-16-8-4-3-5-9-16)19-11-7-6-10-17(18)19/h3-11,14-15H,12-13H2,1-2H3/t15-/m0/s1. The number of carbonyl (C=O) groups is 1. The zero-order chi connectivity index (χ0) is 16.2. The predicted molar refractivity (Wildman–Crippen MR) is 92.5 cm³/mol. The highest BCUT2D eigenvalue weighted by Crippen LogP contribution is 2.30. The Hall–Kier alpha value is -2.55. The number of esters is 1. The van der Waals surface area contributed by atoms with E-state index in [9.17, 15) is 4.79 Å². The highest BCUT2D eigenvalue weighted by atomic mass is 16.5.